The number of rotatable bonds is 3. The zero-order valence-electron chi connectivity index (χ0n) is 13.5. The number of hydrogen-bond acceptors (Lipinski definition) is 4. The molecule has 0 atom stereocenters. The number of aryl methyl sites for hydroxylation is 3. The lowest BCUT2D eigenvalue weighted by molar-refractivity contribution is 0.102. The Morgan fingerprint density at radius 1 is 1.26 bits per heavy atom. The van der Waals surface area contributed by atoms with Crippen molar-refractivity contribution in [2.75, 3.05) is 5.32 Å². The van der Waals surface area contributed by atoms with Crippen molar-refractivity contribution in [3.63, 3.8) is 0 Å². The van der Waals surface area contributed by atoms with Gasteiger partial charge in [-0.1, -0.05) is 12.1 Å². The molecule has 118 valence electrons. The predicted octanol–water partition coefficient (Wildman–Crippen LogP) is 3.25. The number of benzene rings is 1. The van der Waals surface area contributed by atoms with Crippen LogP contribution in [0.4, 0.5) is 5.69 Å². The molecule has 0 unspecified atom stereocenters. The average Bonchev–Trinajstić information content (AvgIpc) is 3.06. The van der Waals surface area contributed by atoms with E-state index in [1.54, 1.807) is 19.3 Å². The van der Waals surface area contributed by atoms with E-state index in [-0.39, 0.29) is 5.91 Å². The van der Waals surface area contributed by atoms with Crippen molar-refractivity contribution in [1.82, 2.24) is 14.8 Å². The van der Waals surface area contributed by atoms with Gasteiger partial charge in [0.25, 0.3) is 5.91 Å². The largest absolute Gasteiger partial charge is 0.466 e. The zero-order chi connectivity index (χ0) is 16.6. The third-order valence-corrected chi connectivity index (χ3v) is 3.82. The summed E-state index contributed by atoms with van der Waals surface area (Å²) in [5.41, 5.74) is 3.16. The van der Waals surface area contributed by atoms with Gasteiger partial charge in [-0.25, -0.2) is 0 Å². The summed E-state index contributed by atoms with van der Waals surface area (Å²) in [7, 11) is 1.89. The second-order valence-corrected chi connectivity index (χ2v) is 5.52. The van der Waals surface area contributed by atoms with Crippen LogP contribution in [0.2, 0.25) is 0 Å². The molecule has 6 nitrogen and oxygen atoms in total. The van der Waals surface area contributed by atoms with Gasteiger partial charge < -0.3 is 14.3 Å². The van der Waals surface area contributed by atoms with E-state index in [0.717, 1.165) is 28.4 Å². The second-order valence-electron chi connectivity index (χ2n) is 5.52. The summed E-state index contributed by atoms with van der Waals surface area (Å²) in [6.07, 6.45) is 1.65. The maximum Gasteiger partial charge on any atom is 0.259 e. The third-order valence-electron chi connectivity index (χ3n) is 3.82. The van der Waals surface area contributed by atoms with Gasteiger partial charge in [-0.3, -0.25) is 4.79 Å². The van der Waals surface area contributed by atoms with Crippen LogP contribution in [-0.4, -0.2) is 20.7 Å². The molecule has 0 bridgehead atoms. The Hall–Kier alpha value is -2.89. The fourth-order valence-corrected chi connectivity index (χ4v) is 2.59. The number of amides is 1. The van der Waals surface area contributed by atoms with Crippen LogP contribution in [0, 0.1) is 20.8 Å². The second kappa shape index (κ2) is 5.72. The van der Waals surface area contributed by atoms with Gasteiger partial charge in [-0.05, 0) is 38.5 Å². The first-order chi connectivity index (χ1) is 11.0. The van der Waals surface area contributed by atoms with E-state index in [4.69, 9.17) is 4.42 Å². The lowest BCUT2D eigenvalue weighted by atomic mass is 10.1. The third kappa shape index (κ3) is 2.75. The van der Waals surface area contributed by atoms with Crippen molar-refractivity contribution in [2.45, 2.75) is 20.8 Å². The van der Waals surface area contributed by atoms with Gasteiger partial charge in [0.05, 0.1) is 5.56 Å². The van der Waals surface area contributed by atoms with E-state index in [0.29, 0.717) is 11.3 Å². The molecule has 6 heteroatoms. The Kier molecular flexibility index (Phi) is 3.73. The van der Waals surface area contributed by atoms with Gasteiger partial charge in [0.1, 0.15) is 17.8 Å². The molecule has 23 heavy (non-hydrogen) atoms. The molecule has 0 fully saturated rings. The number of carbonyl (C=O) groups excluding carboxylic acids is 1. The summed E-state index contributed by atoms with van der Waals surface area (Å²) in [5, 5.41) is 11.0. The normalized spacial score (nSPS) is 10.8. The molecular weight excluding hydrogens is 292 g/mol. The summed E-state index contributed by atoms with van der Waals surface area (Å²) in [4.78, 5) is 12.5. The molecule has 3 aromatic rings. The number of carbonyl (C=O) groups is 1. The highest BCUT2D eigenvalue weighted by Crippen LogP contribution is 2.27. The van der Waals surface area contributed by atoms with Crippen molar-refractivity contribution in [2.24, 2.45) is 7.05 Å². The molecule has 0 radical (unpaired) electrons. The molecule has 2 heterocycles. The lowest BCUT2D eigenvalue weighted by Gasteiger charge is -2.12. The standard InChI is InChI=1S/C17H18N4O2/c1-10-8-14(12(3)23-10)17(22)19-15-7-5-6-13(11(15)2)16-20-18-9-21(16)4/h5-9H,1-4H3,(H,19,22). The first-order valence-corrected chi connectivity index (χ1v) is 7.29. The van der Waals surface area contributed by atoms with Crippen LogP contribution < -0.4 is 5.32 Å². The minimum atomic E-state index is -0.183. The Morgan fingerprint density at radius 3 is 2.65 bits per heavy atom. The van der Waals surface area contributed by atoms with Crippen molar-refractivity contribution in [3.8, 4) is 11.4 Å². The lowest BCUT2D eigenvalue weighted by Crippen LogP contribution is -2.13. The monoisotopic (exact) mass is 310 g/mol. The maximum absolute atomic E-state index is 12.5. The van der Waals surface area contributed by atoms with E-state index >= 15 is 0 Å². The molecular formula is C17H18N4O2. The van der Waals surface area contributed by atoms with Crippen LogP contribution in [0.25, 0.3) is 11.4 Å². The fourth-order valence-electron chi connectivity index (χ4n) is 2.59. The predicted molar refractivity (Wildman–Crippen MR) is 87.3 cm³/mol. The number of nitrogens with zero attached hydrogens (tertiary/aromatic N) is 3. The van der Waals surface area contributed by atoms with Gasteiger partial charge >= 0.3 is 0 Å². The molecule has 0 spiro atoms. The first kappa shape index (κ1) is 15.0. The van der Waals surface area contributed by atoms with Gasteiger partial charge in [-0.15, -0.1) is 10.2 Å². The van der Waals surface area contributed by atoms with Gasteiger partial charge in [0.15, 0.2) is 5.82 Å². The average molecular weight is 310 g/mol. The number of nitrogens with one attached hydrogen (secondary N) is 1. The van der Waals surface area contributed by atoms with Crippen LogP contribution in [0.5, 0.6) is 0 Å². The Bertz CT molecular complexity index is 877. The van der Waals surface area contributed by atoms with Crippen LogP contribution in [0.15, 0.2) is 35.0 Å². The van der Waals surface area contributed by atoms with E-state index < -0.39 is 0 Å². The quantitative estimate of drug-likeness (QED) is 0.806. The van der Waals surface area contributed by atoms with Crippen LogP contribution >= 0.6 is 0 Å². The Balaban J connectivity index is 1.94. The Morgan fingerprint density at radius 2 is 2.04 bits per heavy atom. The van der Waals surface area contributed by atoms with Crippen molar-refractivity contribution in [3.05, 3.63) is 53.2 Å². The zero-order valence-corrected chi connectivity index (χ0v) is 13.5. The highest BCUT2D eigenvalue weighted by molar-refractivity contribution is 6.05. The molecule has 0 saturated carbocycles. The highest BCUT2D eigenvalue weighted by atomic mass is 16.3. The van der Waals surface area contributed by atoms with Gasteiger partial charge in [0, 0.05) is 18.3 Å². The molecule has 1 amide bonds. The van der Waals surface area contributed by atoms with Gasteiger partial charge in [0.2, 0.25) is 0 Å². The summed E-state index contributed by atoms with van der Waals surface area (Å²) >= 11 is 0. The molecule has 2 aromatic heterocycles. The molecule has 0 aliphatic rings. The van der Waals surface area contributed by atoms with E-state index in [2.05, 4.69) is 15.5 Å². The smallest absolute Gasteiger partial charge is 0.259 e. The molecule has 1 N–H and O–H groups in total. The van der Waals surface area contributed by atoms with Crippen molar-refractivity contribution >= 4 is 11.6 Å². The summed E-state index contributed by atoms with van der Waals surface area (Å²) in [6.45, 7) is 5.56. The highest BCUT2D eigenvalue weighted by Gasteiger charge is 2.16. The number of anilines is 1. The summed E-state index contributed by atoms with van der Waals surface area (Å²) < 4.78 is 7.26. The van der Waals surface area contributed by atoms with Crippen LogP contribution in [-0.2, 0) is 7.05 Å². The molecule has 0 saturated heterocycles. The van der Waals surface area contributed by atoms with Crippen LogP contribution in [0.3, 0.4) is 0 Å². The fraction of sp³-hybridized carbons (Fsp3) is 0.235. The van der Waals surface area contributed by atoms with E-state index in [1.807, 2.05) is 43.7 Å². The number of hydrogen-bond donors (Lipinski definition) is 1. The molecule has 0 aliphatic heterocycles. The van der Waals surface area contributed by atoms with E-state index in [1.165, 1.54) is 0 Å². The summed E-state index contributed by atoms with van der Waals surface area (Å²) in [6, 6.07) is 7.46. The Labute approximate surface area is 134 Å². The minimum Gasteiger partial charge on any atom is -0.466 e. The first-order valence-electron chi connectivity index (χ1n) is 7.29. The van der Waals surface area contributed by atoms with Gasteiger partial charge in [-0.2, -0.15) is 0 Å². The van der Waals surface area contributed by atoms with Crippen LogP contribution in [0.1, 0.15) is 27.4 Å². The minimum absolute atomic E-state index is 0.183. The summed E-state index contributed by atoms with van der Waals surface area (Å²) in [5.74, 6) is 1.91. The van der Waals surface area contributed by atoms with Crippen molar-refractivity contribution < 1.29 is 9.21 Å². The molecule has 1 aromatic carbocycles. The molecule has 3 rings (SSSR count). The topological polar surface area (TPSA) is 73.0 Å². The van der Waals surface area contributed by atoms with Crippen molar-refractivity contribution in [1.29, 1.82) is 0 Å². The molecule has 0 aliphatic carbocycles. The maximum atomic E-state index is 12.5. The number of aromatic nitrogens is 3. The number of furan rings is 1. The SMILES string of the molecule is Cc1cc(C(=O)Nc2cccc(-c3nncn3C)c2C)c(C)o1. The van der Waals surface area contributed by atoms with E-state index in [9.17, 15) is 4.79 Å².